The van der Waals surface area contributed by atoms with Crippen LogP contribution in [0, 0.1) is 0 Å². The maximum absolute atomic E-state index is 11.8. The van der Waals surface area contributed by atoms with E-state index < -0.39 is 0 Å². The summed E-state index contributed by atoms with van der Waals surface area (Å²) in [5.74, 6) is 0.838. The zero-order valence-corrected chi connectivity index (χ0v) is 12.2. The molecule has 0 atom stereocenters. The summed E-state index contributed by atoms with van der Waals surface area (Å²) < 4.78 is 1.39. The lowest BCUT2D eigenvalue weighted by Gasteiger charge is -2.28. The lowest BCUT2D eigenvalue weighted by molar-refractivity contribution is 0.622. The fourth-order valence-electron chi connectivity index (χ4n) is 2.79. The van der Waals surface area contributed by atoms with E-state index in [1.807, 2.05) is 24.3 Å². The highest BCUT2D eigenvalue weighted by Crippen LogP contribution is 2.22. The van der Waals surface area contributed by atoms with Gasteiger partial charge >= 0.3 is 0 Å². The van der Waals surface area contributed by atoms with Gasteiger partial charge in [0.15, 0.2) is 0 Å². The number of nitrogens with zero attached hydrogens (tertiary/aromatic N) is 5. The highest BCUT2D eigenvalue weighted by Gasteiger charge is 2.20. The van der Waals surface area contributed by atoms with Gasteiger partial charge in [-0.25, -0.2) is 9.67 Å². The van der Waals surface area contributed by atoms with E-state index in [9.17, 15) is 4.79 Å². The summed E-state index contributed by atoms with van der Waals surface area (Å²) in [6, 6.07) is 9.49. The van der Waals surface area contributed by atoms with Gasteiger partial charge in [-0.15, -0.1) is 0 Å². The maximum atomic E-state index is 11.8. The fourth-order valence-corrected chi connectivity index (χ4v) is 2.79. The first-order valence-corrected chi connectivity index (χ1v) is 7.23. The van der Waals surface area contributed by atoms with Crippen LogP contribution in [0.25, 0.3) is 11.0 Å². The van der Waals surface area contributed by atoms with Crippen molar-refractivity contribution in [1.82, 2.24) is 19.7 Å². The minimum atomic E-state index is -0.0785. The average molecular weight is 293 g/mol. The molecule has 1 aromatic carbocycles. The number of hydrogen-bond acceptors (Lipinski definition) is 5. The van der Waals surface area contributed by atoms with Gasteiger partial charge in [0.25, 0.3) is 5.56 Å². The number of fused-ring (bicyclic) bond motifs is 2. The van der Waals surface area contributed by atoms with Crippen LogP contribution in [0.3, 0.4) is 0 Å². The van der Waals surface area contributed by atoms with Crippen molar-refractivity contribution < 1.29 is 0 Å². The molecule has 0 radical (unpaired) electrons. The highest BCUT2D eigenvalue weighted by atomic mass is 16.1. The van der Waals surface area contributed by atoms with E-state index in [0.717, 1.165) is 41.1 Å². The van der Waals surface area contributed by atoms with Crippen molar-refractivity contribution in [1.29, 1.82) is 0 Å². The minimum absolute atomic E-state index is 0.0785. The summed E-state index contributed by atoms with van der Waals surface area (Å²) in [5.41, 5.74) is 3.66. The molecular formula is C16H15N5O. The van der Waals surface area contributed by atoms with E-state index in [2.05, 4.69) is 20.0 Å². The van der Waals surface area contributed by atoms with Gasteiger partial charge in [0.2, 0.25) is 0 Å². The Kier molecular flexibility index (Phi) is 2.89. The van der Waals surface area contributed by atoms with Crippen LogP contribution in [0.5, 0.6) is 0 Å². The first-order valence-electron chi connectivity index (χ1n) is 7.23. The summed E-state index contributed by atoms with van der Waals surface area (Å²) in [5, 5.41) is 4.33. The lowest BCUT2D eigenvalue weighted by Crippen LogP contribution is -2.34. The normalized spacial score (nSPS) is 14.1. The zero-order valence-electron chi connectivity index (χ0n) is 12.2. The molecule has 0 fully saturated rings. The summed E-state index contributed by atoms with van der Waals surface area (Å²) in [6.07, 6.45) is 2.60. The molecule has 0 saturated carbocycles. The molecule has 1 aliphatic heterocycles. The Bertz CT molecular complexity index is 918. The van der Waals surface area contributed by atoms with Crippen molar-refractivity contribution in [3.8, 4) is 0 Å². The summed E-state index contributed by atoms with van der Waals surface area (Å²) in [7, 11) is 1.68. The third-order valence-corrected chi connectivity index (χ3v) is 4.00. The van der Waals surface area contributed by atoms with Gasteiger partial charge in [0.05, 0.1) is 22.9 Å². The van der Waals surface area contributed by atoms with E-state index in [-0.39, 0.29) is 5.56 Å². The molecule has 2 aromatic heterocycles. The molecule has 0 aliphatic carbocycles. The standard InChI is InChI=1S/C16H15N5O/c1-20-16(22)8-11-10-21(7-6-12(11)19-20)15-9-17-13-4-2-3-5-14(13)18-15/h2-5,8-9H,6-7,10H2,1H3. The highest BCUT2D eigenvalue weighted by molar-refractivity contribution is 5.75. The molecule has 0 amide bonds. The van der Waals surface area contributed by atoms with Crippen molar-refractivity contribution in [3.63, 3.8) is 0 Å². The van der Waals surface area contributed by atoms with Crippen molar-refractivity contribution in [2.75, 3.05) is 11.4 Å². The number of anilines is 1. The van der Waals surface area contributed by atoms with Crippen LogP contribution < -0.4 is 10.5 Å². The molecule has 0 saturated heterocycles. The molecule has 110 valence electrons. The van der Waals surface area contributed by atoms with Crippen LogP contribution in [0.2, 0.25) is 0 Å². The number of aromatic nitrogens is 4. The average Bonchev–Trinajstić information content (AvgIpc) is 2.55. The zero-order chi connectivity index (χ0) is 15.1. The van der Waals surface area contributed by atoms with Crippen LogP contribution in [0.4, 0.5) is 5.82 Å². The molecule has 0 bridgehead atoms. The fraction of sp³-hybridized carbons (Fsp3) is 0.250. The topological polar surface area (TPSA) is 63.9 Å². The Labute approximate surface area is 127 Å². The molecule has 0 spiro atoms. The van der Waals surface area contributed by atoms with Crippen molar-refractivity contribution in [2.24, 2.45) is 7.05 Å². The predicted octanol–water partition coefficient (Wildman–Crippen LogP) is 1.29. The SMILES string of the molecule is Cn1nc2c(cc1=O)CN(c1cnc3ccccc3n1)CC2. The van der Waals surface area contributed by atoms with Gasteiger partial charge in [0, 0.05) is 38.2 Å². The van der Waals surface area contributed by atoms with Crippen LogP contribution in [-0.4, -0.2) is 26.3 Å². The quantitative estimate of drug-likeness (QED) is 0.676. The van der Waals surface area contributed by atoms with Gasteiger partial charge < -0.3 is 4.90 Å². The van der Waals surface area contributed by atoms with E-state index in [1.54, 1.807) is 19.3 Å². The van der Waals surface area contributed by atoms with Crippen LogP contribution in [0.15, 0.2) is 41.3 Å². The summed E-state index contributed by atoms with van der Waals surface area (Å²) in [6.45, 7) is 1.47. The Balaban J connectivity index is 1.71. The Hall–Kier alpha value is -2.76. The first-order chi connectivity index (χ1) is 10.7. The molecule has 3 heterocycles. The first kappa shape index (κ1) is 12.9. The molecule has 3 aromatic rings. The number of benzene rings is 1. The third kappa shape index (κ3) is 2.13. The molecule has 1 aliphatic rings. The lowest BCUT2D eigenvalue weighted by atomic mass is 10.1. The molecular weight excluding hydrogens is 278 g/mol. The van der Waals surface area contributed by atoms with Crippen molar-refractivity contribution in [3.05, 3.63) is 58.1 Å². The van der Waals surface area contributed by atoms with Crippen molar-refractivity contribution >= 4 is 16.9 Å². The molecule has 0 unspecified atom stereocenters. The monoisotopic (exact) mass is 293 g/mol. The van der Waals surface area contributed by atoms with Gasteiger partial charge in [-0.05, 0) is 12.1 Å². The number of rotatable bonds is 1. The molecule has 6 nitrogen and oxygen atoms in total. The summed E-state index contributed by atoms with van der Waals surface area (Å²) >= 11 is 0. The largest absolute Gasteiger partial charge is 0.351 e. The van der Waals surface area contributed by atoms with Crippen LogP contribution in [0.1, 0.15) is 11.3 Å². The second kappa shape index (κ2) is 4.91. The van der Waals surface area contributed by atoms with E-state index >= 15 is 0 Å². The Morgan fingerprint density at radius 1 is 1.18 bits per heavy atom. The van der Waals surface area contributed by atoms with E-state index in [1.165, 1.54) is 4.68 Å². The van der Waals surface area contributed by atoms with Gasteiger partial charge in [0.1, 0.15) is 5.82 Å². The van der Waals surface area contributed by atoms with Gasteiger partial charge in [-0.3, -0.25) is 9.78 Å². The maximum Gasteiger partial charge on any atom is 0.266 e. The van der Waals surface area contributed by atoms with Crippen LogP contribution >= 0.6 is 0 Å². The Morgan fingerprint density at radius 3 is 2.86 bits per heavy atom. The molecule has 0 N–H and O–H groups in total. The van der Waals surface area contributed by atoms with E-state index in [0.29, 0.717) is 6.54 Å². The predicted molar refractivity (Wildman–Crippen MR) is 83.8 cm³/mol. The number of aryl methyl sites for hydroxylation is 1. The van der Waals surface area contributed by atoms with Gasteiger partial charge in [-0.1, -0.05) is 12.1 Å². The molecule has 6 heteroatoms. The molecule has 22 heavy (non-hydrogen) atoms. The van der Waals surface area contributed by atoms with Crippen molar-refractivity contribution in [2.45, 2.75) is 13.0 Å². The number of para-hydroxylation sites is 2. The van der Waals surface area contributed by atoms with Gasteiger partial charge in [-0.2, -0.15) is 5.10 Å². The molecule has 4 rings (SSSR count). The van der Waals surface area contributed by atoms with E-state index in [4.69, 9.17) is 0 Å². The minimum Gasteiger partial charge on any atom is -0.351 e. The second-order valence-corrected chi connectivity index (χ2v) is 5.47. The second-order valence-electron chi connectivity index (χ2n) is 5.47. The summed E-state index contributed by atoms with van der Waals surface area (Å²) in [4.78, 5) is 23.0. The smallest absolute Gasteiger partial charge is 0.266 e. The Morgan fingerprint density at radius 2 is 2.00 bits per heavy atom. The number of hydrogen-bond donors (Lipinski definition) is 0. The van der Waals surface area contributed by atoms with Crippen LogP contribution in [-0.2, 0) is 20.0 Å². The third-order valence-electron chi connectivity index (χ3n) is 4.00.